The Bertz CT molecular complexity index is 949. The Hall–Kier alpha value is -3.40. The van der Waals surface area contributed by atoms with E-state index in [1.807, 2.05) is 57.3 Å². The molecule has 33 heavy (non-hydrogen) atoms. The highest BCUT2D eigenvalue weighted by atomic mass is 16.3. The number of aliphatic hydroxyl groups excluding tert-OH is 2. The maximum Gasteiger partial charge on any atom is 0.212 e. The molecule has 176 valence electrons. The van der Waals surface area contributed by atoms with Crippen LogP contribution in [0.15, 0.2) is 65.0 Å². The fraction of sp³-hybridized carbons (Fsp3) is 0.333. The Balaban J connectivity index is 0.00000265. The standard InChI is InChI=1S/C25H29N3O3.C2H6/c1-19(31)25(28-17-27-18-30)15-24(16-29)23-11-9-21(10-12-23)4-3-20-5-7-22(8-6-20)13-14-26-2;1-2/h5-12,17-18,24,26,29,31H,13-16H2,1-2H3,(H,27,28,30);1-2H3/b25-19+;. The van der Waals surface area contributed by atoms with Crippen molar-refractivity contribution in [3.05, 3.63) is 82.2 Å². The second-order valence-corrected chi connectivity index (χ2v) is 7.08. The normalized spacial score (nSPS) is 12.0. The summed E-state index contributed by atoms with van der Waals surface area (Å²) in [7, 11) is 1.94. The minimum atomic E-state index is -0.238. The van der Waals surface area contributed by atoms with E-state index in [2.05, 4.69) is 39.6 Å². The molecule has 0 saturated heterocycles. The Kier molecular flexibility index (Phi) is 13.6. The highest BCUT2D eigenvalue weighted by Crippen LogP contribution is 2.25. The molecule has 1 unspecified atom stereocenters. The van der Waals surface area contributed by atoms with Crippen LogP contribution in [-0.2, 0) is 11.2 Å². The van der Waals surface area contributed by atoms with Crippen molar-refractivity contribution in [2.24, 2.45) is 4.99 Å². The lowest BCUT2D eigenvalue weighted by atomic mass is 9.94. The first-order valence-electron chi connectivity index (χ1n) is 11.1. The number of nitrogens with zero attached hydrogens (tertiary/aromatic N) is 1. The smallest absolute Gasteiger partial charge is 0.212 e. The zero-order valence-electron chi connectivity index (χ0n) is 19.9. The first kappa shape index (κ1) is 27.6. The number of aliphatic hydroxyl groups is 2. The van der Waals surface area contributed by atoms with Gasteiger partial charge in [0.2, 0.25) is 6.41 Å². The molecule has 0 aromatic heterocycles. The molecule has 1 atom stereocenters. The van der Waals surface area contributed by atoms with Gasteiger partial charge in [-0.05, 0) is 62.3 Å². The summed E-state index contributed by atoms with van der Waals surface area (Å²) < 4.78 is 0. The summed E-state index contributed by atoms with van der Waals surface area (Å²) in [5, 5.41) is 25.1. The molecule has 0 aliphatic heterocycles. The van der Waals surface area contributed by atoms with Gasteiger partial charge in [0, 0.05) is 23.5 Å². The molecule has 2 rings (SSSR count). The van der Waals surface area contributed by atoms with E-state index in [9.17, 15) is 15.0 Å². The van der Waals surface area contributed by atoms with Crippen molar-refractivity contribution in [3.63, 3.8) is 0 Å². The molecule has 4 N–H and O–H groups in total. The van der Waals surface area contributed by atoms with Crippen LogP contribution in [0.3, 0.4) is 0 Å². The van der Waals surface area contributed by atoms with Gasteiger partial charge in [-0.3, -0.25) is 4.79 Å². The van der Waals surface area contributed by atoms with E-state index in [0.29, 0.717) is 18.5 Å². The second-order valence-electron chi connectivity index (χ2n) is 7.08. The van der Waals surface area contributed by atoms with E-state index >= 15 is 0 Å². The maximum atomic E-state index is 10.4. The summed E-state index contributed by atoms with van der Waals surface area (Å²) in [6.45, 7) is 6.37. The molecule has 0 spiro atoms. The van der Waals surface area contributed by atoms with Crippen molar-refractivity contribution in [3.8, 4) is 11.8 Å². The van der Waals surface area contributed by atoms with Crippen molar-refractivity contribution in [2.75, 3.05) is 20.2 Å². The third-order valence-electron chi connectivity index (χ3n) is 4.79. The Morgan fingerprint density at radius 3 is 2.12 bits per heavy atom. The lowest BCUT2D eigenvalue weighted by molar-refractivity contribution is -0.108. The number of benzene rings is 2. The summed E-state index contributed by atoms with van der Waals surface area (Å²) >= 11 is 0. The predicted molar refractivity (Wildman–Crippen MR) is 135 cm³/mol. The molecule has 0 aliphatic carbocycles. The molecule has 2 aromatic carbocycles. The lowest BCUT2D eigenvalue weighted by Crippen LogP contribution is -2.10. The van der Waals surface area contributed by atoms with Crippen molar-refractivity contribution < 1.29 is 15.0 Å². The number of hydrogen-bond acceptors (Lipinski definition) is 5. The molecule has 0 radical (unpaired) electrons. The molecule has 2 aromatic rings. The fourth-order valence-electron chi connectivity index (χ4n) is 2.97. The highest BCUT2D eigenvalue weighted by Gasteiger charge is 2.14. The lowest BCUT2D eigenvalue weighted by Gasteiger charge is -2.15. The fourth-order valence-corrected chi connectivity index (χ4v) is 2.97. The van der Waals surface area contributed by atoms with Gasteiger partial charge in [0.15, 0.2) is 0 Å². The van der Waals surface area contributed by atoms with E-state index in [1.54, 1.807) is 0 Å². The van der Waals surface area contributed by atoms with Crippen LogP contribution < -0.4 is 10.6 Å². The summed E-state index contributed by atoms with van der Waals surface area (Å²) in [6, 6.07) is 15.9. The van der Waals surface area contributed by atoms with E-state index in [-0.39, 0.29) is 18.3 Å². The molecule has 6 nitrogen and oxygen atoms in total. The highest BCUT2D eigenvalue weighted by molar-refractivity contribution is 5.72. The number of allylic oxidation sites excluding steroid dienone is 2. The average Bonchev–Trinajstić information content (AvgIpc) is 2.85. The predicted octanol–water partition coefficient (Wildman–Crippen LogP) is 3.90. The number of hydrogen-bond donors (Lipinski definition) is 4. The summed E-state index contributed by atoms with van der Waals surface area (Å²) in [4.78, 5) is 14.4. The molecular weight excluding hydrogens is 414 g/mol. The zero-order valence-corrected chi connectivity index (χ0v) is 19.9. The molecule has 6 heteroatoms. The van der Waals surface area contributed by atoms with Crippen LogP contribution in [0.5, 0.6) is 0 Å². The van der Waals surface area contributed by atoms with Crippen LogP contribution in [0, 0.1) is 11.8 Å². The molecule has 0 saturated carbocycles. The van der Waals surface area contributed by atoms with Gasteiger partial charge in [-0.1, -0.05) is 50.0 Å². The van der Waals surface area contributed by atoms with Gasteiger partial charge in [-0.25, -0.2) is 4.99 Å². The van der Waals surface area contributed by atoms with Crippen molar-refractivity contribution in [1.82, 2.24) is 10.6 Å². The molecule has 0 bridgehead atoms. The molecule has 0 heterocycles. The minimum Gasteiger partial charge on any atom is -0.511 e. The van der Waals surface area contributed by atoms with Crippen LogP contribution in [0.25, 0.3) is 0 Å². The van der Waals surface area contributed by atoms with Gasteiger partial charge < -0.3 is 20.8 Å². The second kappa shape index (κ2) is 16.3. The maximum absolute atomic E-state index is 10.4. The monoisotopic (exact) mass is 449 g/mol. The first-order chi connectivity index (χ1) is 16.1. The summed E-state index contributed by atoms with van der Waals surface area (Å²) in [6.07, 6.45) is 3.03. The quantitative estimate of drug-likeness (QED) is 0.145. The molecule has 0 fully saturated rings. The van der Waals surface area contributed by atoms with E-state index in [1.165, 1.54) is 18.8 Å². The van der Waals surface area contributed by atoms with E-state index < -0.39 is 0 Å². The number of carbonyl (C=O) groups excluding carboxylic acids is 1. The van der Waals surface area contributed by atoms with Crippen LogP contribution in [0.4, 0.5) is 0 Å². The largest absolute Gasteiger partial charge is 0.511 e. The van der Waals surface area contributed by atoms with Crippen LogP contribution in [0.2, 0.25) is 0 Å². The van der Waals surface area contributed by atoms with Gasteiger partial charge in [0.25, 0.3) is 0 Å². The van der Waals surface area contributed by atoms with Crippen LogP contribution in [0.1, 0.15) is 55.4 Å². The number of aliphatic imine (C=N–C) groups is 1. The summed E-state index contributed by atoms with van der Waals surface area (Å²) in [5.74, 6) is 6.14. The Labute approximate surface area is 197 Å². The van der Waals surface area contributed by atoms with E-state index in [0.717, 1.165) is 29.7 Å². The summed E-state index contributed by atoms with van der Waals surface area (Å²) in [5.41, 5.74) is 4.43. The number of carbonyl (C=O) groups is 1. The number of rotatable bonds is 10. The SMILES string of the molecule is CC.CNCCc1ccc(C#Cc2ccc(C(CO)C/C(N=CNC=O)=C(/C)O)cc2)cc1. The van der Waals surface area contributed by atoms with Gasteiger partial charge in [0.1, 0.15) is 5.76 Å². The third-order valence-corrected chi connectivity index (χ3v) is 4.79. The average molecular weight is 450 g/mol. The van der Waals surface area contributed by atoms with Crippen molar-refractivity contribution in [2.45, 2.75) is 39.5 Å². The van der Waals surface area contributed by atoms with Crippen LogP contribution in [-0.4, -0.2) is 43.2 Å². The Morgan fingerprint density at radius 1 is 1.06 bits per heavy atom. The number of amides is 1. The van der Waals surface area contributed by atoms with Crippen molar-refractivity contribution >= 4 is 12.7 Å². The molecular formula is C27H35N3O3. The van der Waals surface area contributed by atoms with Gasteiger partial charge in [0.05, 0.1) is 18.6 Å². The topological polar surface area (TPSA) is 94.0 Å². The number of likely N-dealkylation sites (N-methyl/N-ethyl adjacent to an activating group) is 1. The van der Waals surface area contributed by atoms with Gasteiger partial charge in [-0.15, -0.1) is 0 Å². The van der Waals surface area contributed by atoms with Gasteiger partial charge >= 0.3 is 0 Å². The van der Waals surface area contributed by atoms with Crippen LogP contribution >= 0.6 is 0 Å². The van der Waals surface area contributed by atoms with Crippen molar-refractivity contribution in [1.29, 1.82) is 0 Å². The van der Waals surface area contributed by atoms with E-state index in [4.69, 9.17) is 0 Å². The number of nitrogens with one attached hydrogen (secondary N) is 2. The zero-order chi connectivity index (χ0) is 24.5. The first-order valence-corrected chi connectivity index (χ1v) is 11.1. The molecule has 0 aliphatic rings. The Morgan fingerprint density at radius 2 is 1.64 bits per heavy atom. The third kappa shape index (κ3) is 10.2. The van der Waals surface area contributed by atoms with Gasteiger partial charge in [-0.2, -0.15) is 0 Å². The minimum absolute atomic E-state index is 0.0434. The molecule has 1 amide bonds.